The Labute approximate surface area is 153 Å². The van der Waals surface area contributed by atoms with Gasteiger partial charge in [-0.3, -0.25) is 4.79 Å². The van der Waals surface area contributed by atoms with Crippen molar-refractivity contribution in [1.82, 2.24) is 15.2 Å². The van der Waals surface area contributed by atoms with Gasteiger partial charge in [-0.1, -0.05) is 60.3 Å². The lowest BCUT2D eigenvalue weighted by atomic mass is 10.3. The molecule has 0 unspecified atom stereocenters. The fourth-order valence-corrected chi connectivity index (χ4v) is 4.68. The number of halogens is 1. The first kappa shape index (κ1) is 18.5. The minimum Gasteiger partial charge on any atom is -0.310 e. The number of hydrogen-bond acceptors (Lipinski definition) is 7. The van der Waals surface area contributed by atoms with E-state index in [0.29, 0.717) is 16.8 Å². The van der Waals surface area contributed by atoms with E-state index >= 15 is 0 Å². The van der Waals surface area contributed by atoms with Crippen molar-refractivity contribution in [1.29, 1.82) is 0 Å². The van der Waals surface area contributed by atoms with Crippen molar-refractivity contribution in [2.75, 3.05) is 11.1 Å². The Kier molecular flexibility index (Phi) is 7.13. The molecule has 1 atom stereocenters. The molecule has 0 spiro atoms. The molecule has 2 heterocycles. The van der Waals surface area contributed by atoms with Crippen LogP contribution < -0.4 is 5.32 Å². The van der Waals surface area contributed by atoms with Crippen LogP contribution in [0.5, 0.6) is 0 Å². The fourth-order valence-electron chi connectivity index (χ4n) is 1.42. The molecule has 1 amide bonds. The van der Waals surface area contributed by atoms with Gasteiger partial charge in [-0.15, -0.1) is 10.2 Å². The number of pyridine rings is 1. The maximum absolute atomic E-state index is 12.2. The lowest BCUT2D eigenvalue weighted by Crippen LogP contribution is -2.22. The highest BCUT2D eigenvalue weighted by Crippen LogP contribution is 2.32. The zero-order valence-corrected chi connectivity index (χ0v) is 16.2. The van der Waals surface area contributed by atoms with Crippen molar-refractivity contribution >= 4 is 58.2 Å². The van der Waals surface area contributed by atoms with Crippen LogP contribution in [0.2, 0.25) is 5.02 Å². The van der Waals surface area contributed by atoms with E-state index in [1.807, 2.05) is 6.92 Å². The highest BCUT2D eigenvalue weighted by molar-refractivity contribution is 8.03. The fraction of sp³-hybridized carbons (Fsp3) is 0.429. The van der Waals surface area contributed by atoms with E-state index in [-0.39, 0.29) is 11.2 Å². The molecule has 0 aromatic carbocycles. The summed E-state index contributed by atoms with van der Waals surface area (Å²) in [4.78, 5) is 16.2. The molecule has 0 aliphatic heterocycles. The minimum absolute atomic E-state index is 0.128. The van der Waals surface area contributed by atoms with Crippen molar-refractivity contribution in [3.63, 3.8) is 0 Å². The molecule has 0 bridgehead atoms. The summed E-state index contributed by atoms with van der Waals surface area (Å²) in [6.45, 7) is 6.17. The number of nitrogens with one attached hydrogen (secondary N) is 1. The molecule has 5 nitrogen and oxygen atoms in total. The van der Waals surface area contributed by atoms with E-state index in [1.165, 1.54) is 29.3 Å². The van der Waals surface area contributed by atoms with Gasteiger partial charge in [0.2, 0.25) is 5.91 Å². The molecule has 0 aliphatic rings. The molecule has 9 heteroatoms. The van der Waals surface area contributed by atoms with Gasteiger partial charge in [-0.2, -0.15) is 0 Å². The number of rotatable bonds is 7. The third kappa shape index (κ3) is 6.29. The molecule has 1 N–H and O–H groups in total. The highest BCUT2D eigenvalue weighted by atomic mass is 35.5. The van der Waals surface area contributed by atoms with E-state index < -0.39 is 0 Å². The van der Waals surface area contributed by atoms with Gasteiger partial charge in [-0.25, -0.2) is 4.98 Å². The van der Waals surface area contributed by atoms with Crippen molar-refractivity contribution in [2.45, 2.75) is 34.7 Å². The van der Waals surface area contributed by atoms with Gasteiger partial charge >= 0.3 is 0 Å². The summed E-state index contributed by atoms with van der Waals surface area (Å²) >= 11 is 10.4. The summed E-state index contributed by atoms with van der Waals surface area (Å²) in [7, 11) is 0. The third-order valence-electron chi connectivity index (χ3n) is 2.55. The van der Waals surface area contributed by atoms with Gasteiger partial charge in [0.25, 0.3) is 0 Å². The van der Waals surface area contributed by atoms with Gasteiger partial charge in [0.05, 0.1) is 10.3 Å². The molecular weight excluding hydrogens is 372 g/mol. The Bertz CT molecular complexity index is 648. The highest BCUT2D eigenvalue weighted by Gasteiger charge is 2.18. The minimum atomic E-state index is -0.289. The number of carbonyl (C=O) groups excluding carboxylic acids is 1. The van der Waals surface area contributed by atoms with Crippen LogP contribution in [0.15, 0.2) is 27.0 Å². The van der Waals surface area contributed by atoms with E-state index in [1.54, 1.807) is 23.9 Å². The summed E-state index contributed by atoms with van der Waals surface area (Å²) in [5.74, 6) is 1.97. The van der Waals surface area contributed by atoms with Gasteiger partial charge in [0.1, 0.15) is 5.82 Å². The van der Waals surface area contributed by atoms with Crippen molar-refractivity contribution < 1.29 is 4.79 Å². The van der Waals surface area contributed by atoms with Crippen LogP contribution in [-0.4, -0.2) is 32.1 Å². The van der Waals surface area contributed by atoms with Gasteiger partial charge in [0.15, 0.2) is 8.68 Å². The summed E-state index contributed by atoms with van der Waals surface area (Å²) < 4.78 is 1.73. The van der Waals surface area contributed by atoms with Crippen LogP contribution in [0.3, 0.4) is 0 Å². The first-order valence-corrected chi connectivity index (χ1v) is 10.1. The number of hydrogen-bond donors (Lipinski definition) is 1. The van der Waals surface area contributed by atoms with Gasteiger partial charge in [0, 0.05) is 11.9 Å². The maximum atomic E-state index is 12.2. The largest absolute Gasteiger partial charge is 0.310 e. The summed E-state index contributed by atoms with van der Waals surface area (Å²) in [5, 5.41) is 11.3. The maximum Gasteiger partial charge on any atom is 0.238 e. The number of thioether (sulfide) groups is 2. The van der Waals surface area contributed by atoms with Crippen LogP contribution in [0, 0.1) is 5.92 Å². The lowest BCUT2D eigenvalue weighted by molar-refractivity contribution is -0.115. The van der Waals surface area contributed by atoms with Gasteiger partial charge in [-0.05, 0) is 25.0 Å². The average Bonchev–Trinajstić information content (AvgIpc) is 2.95. The van der Waals surface area contributed by atoms with Crippen LogP contribution >= 0.6 is 46.5 Å². The Hall–Kier alpha value is -0.830. The smallest absolute Gasteiger partial charge is 0.238 e. The quantitative estimate of drug-likeness (QED) is 0.706. The molecule has 0 saturated heterocycles. The zero-order valence-electron chi connectivity index (χ0n) is 12.9. The predicted octanol–water partition coefficient (Wildman–Crippen LogP) is 4.45. The second-order valence-electron chi connectivity index (χ2n) is 5.15. The topological polar surface area (TPSA) is 67.8 Å². The predicted molar refractivity (Wildman–Crippen MR) is 98.7 cm³/mol. The molecule has 2 rings (SSSR count). The van der Waals surface area contributed by atoms with Crippen LogP contribution in [-0.2, 0) is 4.79 Å². The molecule has 0 radical (unpaired) electrons. The van der Waals surface area contributed by atoms with E-state index in [2.05, 4.69) is 34.3 Å². The Morgan fingerprint density at radius 1 is 1.30 bits per heavy atom. The van der Waals surface area contributed by atoms with Crippen LogP contribution in [0.25, 0.3) is 0 Å². The number of amides is 1. The summed E-state index contributed by atoms with van der Waals surface area (Å²) in [5.41, 5.74) is 0. The van der Waals surface area contributed by atoms with Crippen LogP contribution in [0.4, 0.5) is 5.82 Å². The van der Waals surface area contributed by atoms with Gasteiger partial charge < -0.3 is 5.32 Å². The number of carbonyl (C=O) groups is 1. The second-order valence-corrected chi connectivity index (χ2v) is 9.42. The molecule has 0 saturated carbocycles. The van der Waals surface area contributed by atoms with Crippen molar-refractivity contribution in [2.24, 2.45) is 5.92 Å². The molecule has 124 valence electrons. The number of aromatic nitrogens is 3. The Balaban J connectivity index is 1.86. The average molecular weight is 389 g/mol. The molecule has 2 aromatic rings. The Morgan fingerprint density at radius 3 is 2.70 bits per heavy atom. The lowest BCUT2D eigenvalue weighted by Gasteiger charge is -2.09. The SMILES string of the molecule is CC(C)CSc1nnc(S[C@H](C)C(=O)Nc2ccc(Cl)cn2)s1. The van der Waals surface area contributed by atoms with Crippen LogP contribution in [0.1, 0.15) is 20.8 Å². The number of anilines is 1. The Morgan fingerprint density at radius 2 is 2.04 bits per heavy atom. The molecule has 0 aliphatic carbocycles. The molecule has 2 aromatic heterocycles. The van der Waals surface area contributed by atoms with Crippen molar-refractivity contribution in [3.8, 4) is 0 Å². The van der Waals surface area contributed by atoms with E-state index in [4.69, 9.17) is 11.6 Å². The standard InChI is InChI=1S/C14H17ClN4OS3/c1-8(2)7-21-13-18-19-14(23-13)22-9(3)12(20)17-11-5-4-10(15)6-16-11/h4-6,8-9H,7H2,1-3H3,(H,16,17,20)/t9-/m1/s1. The second kappa shape index (κ2) is 8.86. The van der Waals surface area contributed by atoms with E-state index in [0.717, 1.165) is 14.4 Å². The molecule has 23 heavy (non-hydrogen) atoms. The normalized spacial score (nSPS) is 12.4. The monoisotopic (exact) mass is 388 g/mol. The third-order valence-corrected chi connectivity index (χ3v) is 6.44. The number of nitrogens with zero attached hydrogens (tertiary/aromatic N) is 3. The van der Waals surface area contributed by atoms with E-state index in [9.17, 15) is 4.79 Å². The summed E-state index contributed by atoms with van der Waals surface area (Å²) in [6.07, 6.45) is 1.50. The van der Waals surface area contributed by atoms with Crippen molar-refractivity contribution in [3.05, 3.63) is 23.4 Å². The zero-order chi connectivity index (χ0) is 16.8. The molecular formula is C14H17ClN4OS3. The first-order chi connectivity index (χ1) is 10.9. The molecule has 0 fully saturated rings. The first-order valence-electron chi connectivity index (χ1n) is 6.99. The summed E-state index contributed by atoms with van der Waals surface area (Å²) in [6, 6.07) is 3.36.